The fraction of sp³-hybridized carbons (Fsp3) is 0.476. The summed E-state index contributed by atoms with van der Waals surface area (Å²) < 4.78 is 10.8. The number of hydrogen-bond acceptors (Lipinski definition) is 6. The van der Waals surface area contributed by atoms with Crippen LogP contribution >= 0.6 is 11.8 Å². The molecule has 0 saturated carbocycles. The van der Waals surface area contributed by atoms with E-state index in [9.17, 15) is 9.59 Å². The number of ether oxygens (including phenoxy) is 1. The number of nitrogens with zero attached hydrogens (tertiary/aromatic N) is 3. The molecule has 1 unspecified atom stereocenters. The average molecular weight is 416 g/mol. The number of carbonyl (C=O) groups is 2. The third-order valence-electron chi connectivity index (χ3n) is 5.25. The molecule has 2 fully saturated rings. The number of carbonyl (C=O) groups excluding carboxylic acids is 2. The molecular weight excluding hydrogens is 390 g/mol. The van der Waals surface area contributed by atoms with Crippen molar-refractivity contribution in [1.29, 1.82) is 0 Å². The lowest BCUT2D eigenvalue weighted by Crippen LogP contribution is -2.52. The normalized spacial score (nSPS) is 19.6. The highest BCUT2D eigenvalue weighted by Gasteiger charge is 2.31. The Balaban J connectivity index is 1.36. The van der Waals surface area contributed by atoms with Crippen LogP contribution in [0.2, 0.25) is 0 Å². The molecule has 1 aromatic heterocycles. The molecule has 0 spiro atoms. The van der Waals surface area contributed by atoms with E-state index in [1.165, 1.54) is 0 Å². The van der Waals surface area contributed by atoms with E-state index in [1.807, 2.05) is 47.1 Å². The lowest BCUT2D eigenvalue weighted by Gasteiger charge is -2.36. The monoisotopic (exact) mass is 415 g/mol. The maximum absolute atomic E-state index is 13.1. The van der Waals surface area contributed by atoms with Crippen molar-refractivity contribution in [2.24, 2.45) is 0 Å². The van der Waals surface area contributed by atoms with E-state index in [-0.39, 0.29) is 17.9 Å². The quantitative estimate of drug-likeness (QED) is 0.699. The summed E-state index contributed by atoms with van der Waals surface area (Å²) in [6.45, 7) is 4.73. The highest BCUT2D eigenvalue weighted by atomic mass is 32.2. The first-order chi connectivity index (χ1) is 14.1. The number of aromatic nitrogens is 1. The van der Waals surface area contributed by atoms with Crippen LogP contribution < -0.4 is 0 Å². The Labute approximate surface area is 174 Å². The molecule has 0 N–H and O–H groups in total. The Morgan fingerprint density at radius 2 is 1.93 bits per heavy atom. The van der Waals surface area contributed by atoms with Crippen LogP contribution in [0.3, 0.4) is 0 Å². The minimum Gasteiger partial charge on any atom is -0.368 e. The van der Waals surface area contributed by atoms with Gasteiger partial charge in [-0.05, 0) is 31.9 Å². The van der Waals surface area contributed by atoms with Gasteiger partial charge in [0.25, 0.3) is 11.8 Å². The van der Waals surface area contributed by atoms with Crippen LogP contribution in [0.25, 0.3) is 0 Å². The van der Waals surface area contributed by atoms with Gasteiger partial charge in [0.2, 0.25) is 0 Å². The van der Waals surface area contributed by atoms with Crippen molar-refractivity contribution in [2.45, 2.75) is 36.5 Å². The van der Waals surface area contributed by atoms with Gasteiger partial charge < -0.3 is 19.1 Å². The molecule has 7 nitrogen and oxygen atoms in total. The first-order valence-corrected chi connectivity index (χ1v) is 10.9. The van der Waals surface area contributed by atoms with E-state index >= 15 is 0 Å². The van der Waals surface area contributed by atoms with Crippen molar-refractivity contribution < 1.29 is 18.8 Å². The van der Waals surface area contributed by atoms with Crippen LogP contribution in [0.4, 0.5) is 0 Å². The van der Waals surface area contributed by atoms with Crippen molar-refractivity contribution in [3.63, 3.8) is 0 Å². The van der Waals surface area contributed by atoms with Crippen LogP contribution in [0.1, 0.15) is 34.7 Å². The van der Waals surface area contributed by atoms with Crippen molar-refractivity contribution in [2.75, 3.05) is 32.8 Å². The number of hydrogen-bond donors (Lipinski definition) is 0. The van der Waals surface area contributed by atoms with E-state index in [4.69, 9.17) is 9.26 Å². The van der Waals surface area contributed by atoms with E-state index in [0.29, 0.717) is 44.1 Å². The van der Waals surface area contributed by atoms with Gasteiger partial charge in [0.05, 0.1) is 17.0 Å². The summed E-state index contributed by atoms with van der Waals surface area (Å²) in [6.07, 6.45) is 1.44. The Morgan fingerprint density at radius 1 is 1.17 bits per heavy atom. The van der Waals surface area contributed by atoms with Crippen molar-refractivity contribution >= 4 is 23.6 Å². The van der Waals surface area contributed by atoms with Gasteiger partial charge in [-0.15, -0.1) is 11.8 Å². The van der Waals surface area contributed by atoms with Crippen LogP contribution in [0.5, 0.6) is 0 Å². The topological polar surface area (TPSA) is 75.9 Å². The minimum atomic E-state index is -0.297. The summed E-state index contributed by atoms with van der Waals surface area (Å²) in [6, 6.07) is 9.54. The van der Waals surface area contributed by atoms with Gasteiger partial charge in [0.1, 0.15) is 11.9 Å². The molecule has 154 valence electrons. The lowest BCUT2D eigenvalue weighted by molar-refractivity contribution is -0.142. The van der Waals surface area contributed by atoms with E-state index in [0.717, 1.165) is 29.2 Å². The van der Waals surface area contributed by atoms with Crippen LogP contribution in [-0.4, -0.2) is 65.7 Å². The minimum absolute atomic E-state index is 0.00562. The summed E-state index contributed by atoms with van der Waals surface area (Å²) in [5.41, 5.74) is 1.54. The smallest absolute Gasteiger partial charge is 0.255 e. The summed E-state index contributed by atoms with van der Waals surface area (Å²) in [4.78, 5) is 30.2. The Morgan fingerprint density at radius 3 is 2.62 bits per heavy atom. The third kappa shape index (κ3) is 4.64. The molecule has 2 saturated heterocycles. The third-order valence-corrected chi connectivity index (χ3v) is 6.34. The van der Waals surface area contributed by atoms with Gasteiger partial charge in [-0.2, -0.15) is 0 Å². The fourth-order valence-corrected chi connectivity index (χ4v) is 4.60. The number of benzene rings is 1. The lowest BCUT2D eigenvalue weighted by atomic mass is 10.1. The first kappa shape index (κ1) is 20.0. The maximum Gasteiger partial charge on any atom is 0.255 e. The van der Waals surface area contributed by atoms with Gasteiger partial charge in [-0.3, -0.25) is 9.59 Å². The standard InChI is InChI=1S/C21H25N3O4S/c1-15-13-16(28-22-15)14-29-19-7-3-2-5-17(19)20(25)23-8-10-24(11-9-23)21(26)18-6-4-12-27-18/h2-3,5,7,13,18H,4,6,8-12,14H2,1H3. The van der Waals surface area contributed by atoms with Gasteiger partial charge >= 0.3 is 0 Å². The van der Waals surface area contributed by atoms with Crippen LogP contribution in [0, 0.1) is 6.92 Å². The number of rotatable bonds is 5. The molecule has 3 heterocycles. The number of piperazine rings is 1. The molecule has 0 radical (unpaired) electrons. The van der Waals surface area contributed by atoms with Crippen LogP contribution in [-0.2, 0) is 15.3 Å². The molecule has 1 aromatic carbocycles. The first-order valence-electron chi connectivity index (χ1n) is 9.95. The zero-order valence-corrected chi connectivity index (χ0v) is 17.3. The van der Waals surface area contributed by atoms with Crippen molar-refractivity contribution in [1.82, 2.24) is 15.0 Å². The number of thioether (sulfide) groups is 1. The molecule has 2 amide bonds. The molecule has 4 rings (SSSR count). The summed E-state index contributed by atoms with van der Waals surface area (Å²) in [5, 5.41) is 3.91. The summed E-state index contributed by atoms with van der Waals surface area (Å²) in [5.74, 6) is 1.48. The molecule has 1 atom stereocenters. The Hall–Kier alpha value is -2.32. The second-order valence-electron chi connectivity index (χ2n) is 7.34. The molecule has 8 heteroatoms. The van der Waals surface area contributed by atoms with Gasteiger partial charge in [0, 0.05) is 43.7 Å². The van der Waals surface area contributed by atoms with Crippen LogP contribution in [0.15, 0.2) is 39.8 Å². The highest BCUT2D eigenvalue weighted by Crippen LogP contribution is 2.28. The maximum atomic E-state index is 13.1. The predicted octanol–water partition coefficient (Wildman–Crippen LogP) is 2.74. The zero-order chi connectivity index (χ0) is 20.2. The predicted molar refractivity (Wildman–Crippen MR) is 109 cm³/mol. The average Bonchev–Trinajstić information content (AvgIpc) is 3.43. The van der Waals surface area contributed by atoms with Crippen molar-refractivity contribution in [3.8, 4) is 0 Å². The molecule has 29 heavy (non-hydrogen) atoms. The Bertz CT molecular complexity index is 870. The summed E-state index contributed by atoms with van der Waals surface area (Å²) >= 11 is 1.57. The molecule has 2 aliphatic rings. The van der Waals surface area contributed by atoms with Gasteiger partial charge in [-0.25, -0.2) is 0 Å². The van der Waals surface area contributed by atoms with Gasteiger partial charge in [-0.1, -0.05) is 17.3 Å². The number of amides is 2. The largest absolute Gasteiger partial charge is 0.368 e. The second-order valence-corrected chi connectivity index (χ2v) is 8.36. The molecular formula is C21H25N3O4S. The highest BCUT2D eigenvalue weighted by molar-refractivity contribution is 7.98. The van der Waals surface area contributed by atoms with Crippen molar-refractivity contribution in [3.05, 3.63) is 47.3 Å². The molecule has 0 aliphatic carbocycles. The Kier molecular flexibility index (Phi) is 6.20. The van der Waals surface area contributed by atoms with E-state index in [2.05, 4.69) is 5.16 Å². The van der Waals surface area contributed by atoms with E-state index in [1.54, 1.807) is 11.8 Å². The fourth-order valence-electron chi connectivity index (χ4n) is 3.68. The zero-order valence-electron chi connectivity index (χ0n) is 16.5. The SMILES string of the molecule is Cc1cc(CSc2ccccc2C(=O)N2CCN(C(=O)C3CCCO3)CC2)on1. The molecule has 0 bridgehead atoms. The van der Waals surface area contributed by atoms with E-state index < -0.39 is 0 Å². The second kappa shape index (κ2) is 9.00. The van der Waals surface area contributed by atoms with Gasteiger partial charge in [0.15, 0.2) is 0 Å². The summed E-state index contributed by atoms with van der Waals surface area (Å²) in [7, 11) is 0. The molecule has 2 aromatic rings. The number of aryl methyl sites for hydroxylation is 1. The molecule has 2 aliphatic heterocycles.